The summed E-state index contributed by atoms with van der Waals surface area (Å²) in [5.74, 6) is -0.00695. The van der Waals surface area contributed by atoms with Crippen molar-refractivity contribution in [1.82, 2.24) is 5.06 Å². The minimum Gasteiger partial charge on any atom is -0.491 e. The number of nitrogens with zero attached hydrogens (tertiary/aromatic N) is 1. The molecule has 3 aliphatic rings. The summed E-state index contributed by atoms with van der Waals surface area (Å²) in [6.07, 6.45) is 23.2. The Kier molecular flexibility index (Phi) is 17.5. The molecule has 292 valence electrons. The molecule has 8 nitrogen and oxygen atoms in total. The van der Waals surface area contributed by atoms with Crippen molar-refractivity contribution in [2.45, 2.75) is 205 Å². The van der Waals surface area contributed by atoms with Crippen molar-refractivity contribution < 1.29 is 33.3 Å². The molecule has 51 heavy (non-hydrogen) atoms. The van der Waals surface area contributed by atoms with Crippen molar-refractivity contribution in [3.05, 3.63) is 29.8 Å². The van der Waals surface area contributed by atoms with Crippen LogP contribution in [0.4, 0.5) is 0 Å². The van der Waals surface area contributed by atoms with E-state index in [2.05, 4.69) is 58.7 Å². The Labute approximate surface area is 310 Å². The Bertz CT molecular complexity index is 1120. The lowest BCUT2D eigenvalue weighted by atomic mass is 9.73. The number of hydrogen-bond acceptors (Lipinski definition) is 8. The monoisotopic (exact) mass is 716 g/mol. The largest absolute Gasteiger partial charge is 0.491 e. The minimum absolute atomic E-state index is 0.125. The number of unbranched alkanes of at least 4 members (excludes halogenated alkanes) is 14. The van der Waals surface area contributed by atoms with Crippen LogP contribution in [0.25, 0.3) is 0 Å². The first-order valence-corrected chi connectivity index (χ1v) is 20.9. The zero-order chi connectivity index (χ0) is 36.6. The maximum absolute atomic E-state index is 12.6. The van der Waals surface area contributed by atoms with Gasteiger partial charge in [-0.15, -0.1) is 0 Å². The maximum Gasteiger partial charge on any atom is 0.305 e. The van der Waals surface area contributed by atoms with Gasteiger partial charge in [-0.3, -0.25) is 9.63 Å². The Balaban J connectivity index is 1.12. The van der Waals surface area contributed by atoms with Crippen LogP contribution in [0.1, 0.15) is 182 Å². The van der Waals surface area contributed by atoms with E-state index in [0.717, 1.165) is 43.6 Å². The standard InChI is InChI=1S/C43H73NO7/c1-7-10-11-12-13-14-15-16-17-18-19-20-21-22-23-24-40(45)48-31-39-32-49-43(50-39)33-41(5,6)44(42(8-2,9-3)34-43)51-35(4)36-25-27-37(28-26-36)46-29-38-30-47-38/h25-28,35,38-39H,7-24,29-34H2,1-6H3. The summed E-state index contributed by atoms with van der Waals surface area (Å²) in [5, 5.41) is 2.24. The molecule has 0 saturated carbocycles. The smallest absolute Gasteiger partial charge is 0.305 e. The summed E-state index contributed by atoms with van der Waals surface area (Å²) in [6.45, 7) is 15.3. The lowest BCUT2D eigenvalue weighted by molar-refractivity contribution is -0.360. The molecule has 3 fully saturated rings. The molecular formula is C43H73NO7. The highest BCUT2D eigenvalue weighted by molar-refractivity contribution is 5.69. The van der Waals surface area contributed by atoms with Crippen LogP contribution in [-0.2, 0) is 28.6 Å². The van der Waals surface area contributed by atoms with Crippen LogP contribution < -0.4 is 4.74 Å². The van der Waals surface area contributed by atoms with E-state index in [4.69, 9.17) is 28.5 Å². The highest BCUT2D eigenvalue weighted by atomic mass is 16.8. The fourth-order valence-electron chi connectivity index (χ4n) is 8.24. The Morgan fingerprint density at radius 2 is 1.35 bits per heavy atom. The molecule has 1 spiro atoms. The van der Waals surface area contributed by atoms with Crippen LogP contribution >= 0.6 is 0 Å². The Morgan fingerprint density at radius 1 is 0.784 bits per heavy atom. The summed E-state index contributed by atoms with van der Waals surface area (Å²) in [4.78, 5) is 19.4. The van der Waals surface area contributed by atoms with E-state index in [1.54, 1.807) is 0 Å². The van der Waals surface area contributed by atoms with Gasteiger partial charge in [0.25, 0.3) is 0 Å². The number of piperidine rings is 1. The van der Waals surface area contributed by atoms with Gasteiger partial charge in [0, 0.05) is 24.8 Å². The summed E-state index contributed by atoms with van der Waals surface area (Å²) < 4.78 is 29.9. The molecule has 1 aromatic rings. The van der Waals surface area contributed by atoms with E-state index < -0.39 is 5.79 Å². The normalized spacial score (nSPS) is 24.5. The second-order valence-electron chi connectivity index (χ2n) is 16.3. The van der Waals surface area contributed by atoms with Gasteiger partial charge in [-0.1, -0.05) is 123 Å². The molecule has 3 aliphatic heterocycles. The van der Waals surface area contributed by atoms with E-state index in [0.29, 0.717) is 32.5 Å². The van der Waals surface area contributed by atoms with Crippen LogP contribution in [0.3, 0.4) is 0 Å². The van der Waals surface area contributed by atoms with Crippen molar-refractivity contribution in [3.63, 3.8) is 0 Å². The van der Waals surface area contributed by atoms with E-state index in [-0.39, 0.29) is 42.0 Å². The molecule has 0 aromatic heterocycles. The van der Waals surface area contributed by atoms with Gasteiger partial charge < -0.3 is 23.7 Å². The highest BCUT2D eigenvalue weighted by Gasteiger charge is 2.60. The van der Waals surface area contributed by atoms with Crippen molar-refractivity contribution in [2.75, 3.05) is 26.4 Å². The van der Waals surface area contributed by atoms with Crippen LogP contribution in [0.15, 0.2) is 24.3 Å². The van der Waals surface area contributed by atoms with E-state index in [9.17, 15) is 4.79 Å². The number of epoxide rings is 1. The fourth-order valence-corrected chi connectivity index (χ4v) is 8.24. The lowest BCUT2D eigenvalue weighted by Crippen LogP contribution is -2.67. The molecule has 0 amide bonds. The van der Waals surface area contributed by atoms with Gasteiger partial charge in [-0.25, -0.2) is 0 Å². The van der Waals surface area contributed by atoms with Gasteiger partial charge in [-0.2, -0.15) is 5.06 Å². The summed E-state index contributed by atoms with van der Waals surface area (Å²) in [5.41, 5.74) is 0.467. The summed E-state index contributed by atoms with van der Waals surface area (Å²) in [6, 6.07) is 8.19. The molecule has 0 aliphatic carbocycles. The third kappa shape index (κ3) is 13.6. The molecular weight excluding hydrogens is 642 g/mol. The molecule has 0 N–H and O–H groups in total. The lowest BCUT2D eigenvalue weighted by Gasteiger charge is -2.59. The number of carbonyl (C=O) groups is 1. The molecule has 0 radical (unpaired) electrons. The molecule has 0 bridgehead atoms. The van der Waals surface area contributed by atoms with Crippen molar-refractivity contribution in [1.29, 1.82) is 0 Å². The van der Waals surface area contributed by atoms with Gasteiger partial charge in [0.05, 0.1) is 18.8 Å². The van der Waals surface area contributed by atoms with Gasteiger partial charge in [0.1, 0.15) is 37.3 Å². The second-order valence-corrected chi connectivity index (χ2v) is 16.3. The van der Waals surface area contributed by atoms with Crippen molar-refractivity contribution in [2.24, 2.45) is 0 Å². The quantitative estimate of drug-likeness (QED) is 0.0533. The summed E-state index contributed by atoms with van der Waals surface area (Å²) >= 11 is 0. The maximum atomic E-state index is 12.6. The molecule has 4 rings (SSSR count). The first-order valence-electron chi connectivity index (χ1n) is 20.9. The molecule has 8 heteroatoms. The van der Waals surface area contributed by atoms with Crippen molar-refractivity contribution >= 4 is 5.97 Å². The number of carbonyl (C=O) groups excluding carboxylic acids is 1. The first-order chi connectivity index (χ1) is 24.6. The van der Waals surface area contributed by atoms with Gasteiger partial charge >= 0.3 is 5.97 Å². The fraction of sp³-hybridized carbons (Fsp3) is 0.837. The Morgan fingerprint density at radius 3 is 1.90 bits per heavy atom. The molecule has 3 saturated heterocycles. The topological polar surface area (TPSA) is 79.0 Å². The SMILES string of the molecule is CCCCCCCCCCCCCCCCCC(=O)OCC1COC2(CC(C)(C)N(OC(C)c3ccc(OCC4CO4)cc3)C(CC)(CC)C2)O1. The van der Waals surface area contributed by atoms with Crippen molar-refractivity contribution in [3.8, 4) is 5.75 Å². The first kappa shape index (κ1) is 42.0. The average molecular weight is 716 g/mol. The van der Waals surface area contributed by atoms with Gasteiger partial charge in [0.2, 0.25) is 0 Å². The molecule has 3 heterocycles. The van der Waals surface area contributed by atoms with Crippen LogP contribution in [0.5, 0.6) is 5.75 Å². The highest BCUT2D eigenvalue weighted by Crippen LogP contribution is 2.52. The molecule has 4 atom stereocenters. The van der Waals surface area contributed by atoms with E-state index >= 15 is 0 Å². The van der Waals surface area contributed by atoms with Crippen LogP contribution in [0, 0.1) is 0 Å². The van der Waals surface area contributed by atoms with E-state index in [1.807, 2.05) is 12.1 Å². The number of esters is 1. The minimum atomic E-state index is -0.728. The Hall–Kier alpha value is -1.71. The third-order valence-electron chi connectivity index (χ3n) is 11.4. The van der Waals surface area contributed by atoms with Gasteiger partial charge in [0.15, 0.2) is 5.79 Å². The summed E-state index contributed by atoms with van der Waals surface area (Å²) in [7, 11) is 0. The zero-order valence-corrected chi connectivity index (χ0v) is 33.3. The molecule has 1 aromatic carbocycles. The number of ether oxygens (including phenoxy) is 5. The van der Waals surface area contributed by atoms with E-state index in [1.165, 1.54) is 83.5 Å². The predicted molar refractivity (Wildman–Crippen MR) is 204 cm³/mol. The number of hydroxylamine groups is 2. The average Bonchev–Trinajstić information content (AvgIpc) is 3.88. The number of hydrogen-bond donors (Lipinski definition) is 0. The number of benzene rings is 1. The second kappa shape index (κ2) is 21.2. The molecule has 4 unspecified atom stereocenters. The number of rotatable bonds is 26. The zero-order valence-electron chi connectivity index (χ0n) is 33.3. The van der Waals surface area contributed by atoms with Gasteiger partial charge in [-0.05, 0) is 57.7 Å². The van der Waals surface area contributed by atoms with Crippen LogP contribution in [-0.4, -0.2) is 66.5 Å². The van der Waals surface area contributed by atoms with Crippen LogP contribution in [0.2, 0.25) is 0 Å². The third-order valence-corrected chi connectivity index (χ3v) is 11.4. The predicted octanol–water partition coefficient (Wildman–Crippen LogP) is 10.8.